The highest BCUT2D eigenvalue weighted by Crippen LogP contribution is 2.40. The van der Waals surface area contributed by atoms with Gasteiger partial charge in [-0.05, 0) is 30.2 Å². The number of phenolic OH excluding ortho intramolecular Hbond substituents is 3. The molecule has 2 aromatic rings. The minimum absolute atomic E-state index is 0.0876. The molecule has 5 rings (SSSR count). The van der Waals surface area contributed by atoms with Crippen LogP contribution in [0.3, 0.4) is 0 Å². The van der Waals surface area contributed by atoms with E-state index in [1.807, 2.05) is 0 Å². The Morgan fingerprint density at radius 2 is 1.86 bits per heavy atom. The van der Waals surface area contributed by atoms with Gasteiger partial charge >= 0.3 is 11.9 Å². The summed E-state index contributed by atoms with van der Waals surface area (Å²) in [6.45, 7) is 3.27. The van der Waals surface area contributed by atoms with Crippen LogP contribution in [-0.2, 0) is 28.5 Å². The summed E-state index contributed by atoms with van der Waals surface area (Å²) in [6.07, 6.45) is -6.09. The van der Waals surface area contributed by atoms with Crippen molar-refractivity contribution in [1.82, 2.24) is 0 Å². The number of aliphatic hydroxyl groups excluding tert-OH is 3. The van der Waals surface area contributed by atoms with Crippen molar-refractivity contribution in [2.45, 2.75) is 43.4 Å². The van der Waals surface area contributed by atoms with Crippen molar-refractivity contribution in [3.05, 3.63) is 66.5 Å². The largest absolute Gasteiger partial charge is 0.508 e. The first kappa shape index (κ1) is 29.4. The van der Waals surface area contributed by atoms with Crippen molar-refractivity contribution < 1.29 is 63.9 Å². The topological polar surface area (TPSA) is 202 Å². The van der Waals surface area contributed by atoms with E-state index in [2.05, 4.69) is 6.58 Å². The fourth-order valence-electron chi connectivity index (χ4n) is 5.37. The summed E-state index contributed by atoms with van der Waals surface area (Å²) < 4.78 is 27.9. The van der Waals surface area contributed by atoms with Gasteiger partial charge in [0.2, 0.25) is 12.6 Å². The van der Waals surface area contributed by atoms with E-state index in [1.54, 1.807) is 0 Å². The highest BCUT2D eigenvalue weighted by molar-refractivity contribution is 6.00. The number of phenols is 3. The molecule has 0 aliphatic carbocycles. The standard InChI is InChI=1S/C29H30O13/c1-2-16-17-6-7-38-26(36)19(17)12-39-28(16)42-29-25(24(35)23(34)21(11-30)40-29)41-27(37)18-9-15(32)10-20(33)22(18)13-4-3-5-14(31)8-13/h2-5,8-10,12,16-17,21,23-25,28-35H,1,6-7,11H2. The highest BCUT2D eigenvalue weighted by Gasteiger charge is 2.50. The molecule has 224 valence electrons. The number of aromatic hydroxyl groups is 3. The predicted molar refractivity (Wildman–Crippen MR) is 141 cm³/mol. The van der Waals surface area contributed by atoms with Crippen LogP contribution in [0, 0.1) is 11.8 Å². The molecule has 13 nitrogen and oxygen atoms in total. The van der Waals surface area contributed by atoms with Crippen molar-refractivity contribution in [1.29, 1.82) is 0 Å². The van der Waals surface area contributed by atoms with E-state index in [-0.39, 0.29) is 35.0 Å². The Morgan fingerprint density at radius 3 is 2.57 bits per heavy atom. The maximum atomic E-state index is 13.5. The number of cyclic esters (lactones) is 1. The van der Waals surface area contributed by atoms with E-state index in [4.69, 9.17) is 23.7 Å². The van der Waals surface area contributed by atoms with Crippen LogP contribution < -0.4 is 0 Å². The fraction of sp³-hybridized carbons (Fsp3) is 0.379. The number of hydrogen-bond donors (Lipinski definition) is 6. The van der Waals surface area contributed by atoms with Crippen LogP contribution in [0.1, 0.15) is 16.8 Å². The lowest BCUT2D eigenvalue weighted by Crippen LogP contribution is -2.61. The van der Waals surface area contributed by atoms with Gasteiger partial charge in [0.1, 0.15) is 35.6 Å². The number of aliphatic hydroxyl groups is 3. The van der Waals surface area contributed by atoms with Crippen LogP contribution in [0.15, 0.2) is 60.9 Å². The lowest BCUT2D eigenvalue weighted by Gasteiger charge is -2.44. The zero-order chi connectivity index (χ0) is 30.1. The Balaban J connectivity index is 1.46. The molecular weight excluding hydrogens is 556 g/mol. The second-order valence-electron chi connectivity index (χ2n) is 10.1. The number of carbonyl (C=O) groups is 2. The second kappa shape index (κ2) is 12.0. The molecule has 0 spiro atoms. The minimum Gasteiger partial charge on any atom is -0.508 e. The number of benzene rings is 2. The molecule has 0 aromatic heterocycles. The summed E-state index contributed by atoms with van der Waals surface area (Å²) in [5.41, 5.74) is 0.0841. The summed E-state index contributed by atoms with van der Waals surface area (Å²) in [6, 6.07) is 7.66. The quantitative estimate of drug-likeness (QED) is 0.199. The van der Waals surface area contributed by atoms with Gasteiger partial charge in [-0.15, -0.1) is 6.58 Å². The molecule has 0 bridgehead atoms. The first-order chi connectivity index (χ1) is 20.1. The number of carbonyl (C=O) groups excluding carboxylic acids is 2. The molecule has 0 radical (unpaired) electrons. The average molecular weight is 587 g/mol. The molecule has 3 heterocycles. The zero-order valence-electron chi connectivity index (χ0n) is 22.1. The molecule has 2 saturated heterocycles. The van der Waals surface area contributed by atoms with Gasteiger partial charge in [-0.3, -0.25) is 0 Å². The molecule has 2 aromatic carbocycles. The molecule has 0 amide bonds. The van der Waals surface area contributed by atoms with Crippen molar-refractivity contribution in [3.63, 3.8) is 0 Å². The van der Waals surface area contributed by atoms with Crippen LogP contribution in [0.25, 0.3) is 11.1 Å². The van der Waals surface area contributed by atoms with Crippen molar-refractivity contribution in [2.75, 3.05) is 13.2 Å². The number of esters is 2. The summed E-state index contributed by atoms with van der Waals surface area (Å²) >= 11 is 0. The second-order valence-corrected chi connectivity index (χ2v) is 10.1. The molecule has 8 atom stereocenters. The number of rotatable bonds is 7. The van der Waals surface area contributed by atoms with E-state index in [0.29, 0.717) is 12.0 Å². The van der Waals surface area contributed by atoms with Crippen LogP contribution >= 0.6 is 0 Å². The molecular formula is C29H30O13. The van der Waals surface area contributed by atoms with E-state index in [0.717, 1.165) is 12.1 Å². The third-order valence-electron chi connectivity index (χ3n) is 7.47. The van der Waals surface area contributed by atoms with Crippen molar-refractivity contribution in [2.24, 2.45) is 11.8 Å². The van der Waals surface area contributed by atoms with Crippen molar-refractivity contribution in [3.8, 4) is 28.4 Å². The Labute approximate surface area is 239 Å². The van der Waals surface area contributed by atoms with Gasteiger partial charge in [-0.1, -0.05) is 18.2 Å². The molecule has 42 heavy (non-hydrogen) atoms. The predicted octanol–water partition coefficient (Wildman–Crippen LogP) is 1.06. The average Bonchev–Trinajstić information content (AvgIpc) is 2.96. The molecule has 0 saturated carbocycles. The SMILES string of the molecule is C=CC1C(OC2OC(CO)C(O)C(O)C2OC(=O)c2cc(O)cc(O)c2-c2cccc(O)c2)OC=C2C(=O)OCCC21. The van der Waals surface area contributed by atoms with E-state index in [9.17, 15) is 40.2 Å². The molecule has 13 heteroatoms. The summed E-state index contributed by atoms with van der Waals surface area (Å²) in [4.78, 5) is 25.7. The lowest BCUT2D eigenvalue weighted by atomic mass is 9.81. The summed E-state index contributed by atoms with van der Waals surface area (Å²) in [7, 11) is 0. The minimum atomic E-state index is -1.82. The van der Waals surface area contributed by atoms with E-state index < -0.39 is 73.0 Å². The first-order valence-electron chi connectivity index (χ1n) is 13.1. The Bertz CT molecular complexity index is 1390. The zero-order valence-corrected chi connectivity index (χ0v) is 22.1. The maximum absolute atomic E-state index is 13.5. The van der Waals surface area contributed by atoms with Crippen LogP contribution in [-0.4, -0.2) is 92.8 Å². The Morgan fingerprint density at radius 1 is 1.07 bits per heavy atom. The lowest BCUT2D eigenvalue weighted by molar-refractivity contribution is -0.338. The smallest absolute Gasteiger partial charge is 0.339 e. The van der Waals surface area contributed by atoms with Crippen molar-refractivity contribution >= 4 is 11.9 Å². The van der Waals surface area contributed by atoms with E-state index >= 15 is 0 Å². The summed E-state index contributed by atoms with van der Waals surface area (Å²) in [5.74, 6) is -3.78. The maximum Gasteiger partial charge on any atom is 0.339 e. The Kier molecular flexibility index (Phi) is 8.38. The summed E-state index contributed by atoms with van der Waals surface area (Å²) in [5, 5.41) is 61.9. The van der Waals surface area contributed by atoms with Gasteiger partial charge < -0.3 is 54.3 Å². The number of hydrogen-bond acceptors (Lipinski definition) is 13. The van der Waals surface area contributed by atoms with Gasteiger partial charge in [0.15, 0.2) is 6.10 Å². The molecule has 6 N–H and O–H groups in total. The molecule has 3 aliphatic heterocycles. The van der Waals surface area contributed by atoms with E-state index in [1.165, 1.54) is 36.6 Å². The molecule has 3 aliphatic rings. The third-order valence-corrected chi connectivity index (χ3v) is 7.47. The van der Waals surface area contributed by atoms with Gasteiger partial charge in [0.25, 0.3) is 0 Å². The third kappa shape index (κ3) is 5.52. The van der Waals surface area contributed by atoms with Crippen LogP contribution in [0.4, 0.5) is 0 Å². The Hall–Kier alpha value is -4.14. The van der Waals surface area contributed by atoms with Gasteiger partial charge in [0, 0.05) is 23.5 Å². The van der Waals surface area contributed by atoms with Gasteiger partial charge in [-0.25, -0.2) is 9.59 Å². The number of fused-ring (bicyclic) bond motifs is 1. The molecule has 2 fully saturated rings. The van der Waals surface area contributed by atoms with Gasteiger partial charge in [0.05, 0.1) is 30.6 Å². The van der Waals surface area contributed by atoms with Crippen LogP contribution in [0.2, 0.25) is 0 Å². The monoisotopic (exact) mass is 586 g/mol. The highest BCUT2D eigenvalue weighted by atomic mass is 16.8. The van der Waals surface area contributed by atoms with Crippen LogP contribution in [0.5, 0.6) is 17.2 Å². The van der Waals surface area contributed by atoms with Gasteiger partial charge in [-0.2, -0.15) is 0 Å². The fourth-order valence-corrected chi connectivity index (χ4v) is 5.37. The molecule has 8 unspecified atom stereocenters. The normalized spacial score (nSPS) is 30.7. The number of ether oxygens (including phenoxy) is 5. The first-order valence-corrected chi connectivity index (χ1v) is 13.1.